The number of hydrogen-bond donors (Lipinski definition) is 0. The topological polar surface area (TPSA) is 31.2 Å². The average molecular weight is 276 g/mol. The van der Waals surface area contributed by atoms with Crippen LogP contribution >= 0.6 is 0 Å². The molecule has 1 aliphatic rings. The van der Waals surface area contributed by atoms with Crippen LogP contribution in [0.15, 0.2) is 64.9 Å². The molecule has 0 spiro atoms. The fourth-order valence-corrected chi connectivity index (χ4v) is 2.37. The summed E-state index contributed by atoms with van der Waals surface area (Å²) in [5.41, 5.74) is 2.65. The summed E-state index contributed by atoms with van der Waals surface area (Å²) < 4.78 is 0. The summed E-state index contributed by atoms with van der Waals surface area (Å²) in [6.45, 7) is 3.64. The molecule has 0 saturated carbocycles. The fraction of sp³-hybridized carbons (Fsp3) is 0.250. The van der Waals surface area contributed by atoms with Crippen molar-refractivity contribution in [2.24, 2.45) is 10.3 Å². The van der Waals surface area contributed by atoms with Crippen molar-refractivity contribution in [2.45, 2.75) is 0 Å². The first-order valence-electron chi connectivity index (χ1n) is 7.14. The number of anilines is 1. The molecule has 0 N–H and O–H groups in total. The van der Waals surface area contributed by atoms with Gasteiger partial charge in [-0.1, -0.05) is 47.1 Å². The van der Waals surface area contributed by atoms with E-state index >= 15 is 0 Å². The third kappa shape index (κ3) is 3.43. The molecule has 2 aromatic carbocycles. The molecule has 0 amide bonds. The molecule has 5 heteroatoms. The largest absolute Gasteiger partial charge is 0.368 e. The third-order valence-electron chi connectivity index (χ3n) is 3.59. The number of benzene rings is 2. The quantitative estimate of drug-likeness (QED) is 0.636. The minimum atomic E-state index is 0.657. The van der Waals surface area contributed by atoms with Crippen molar-refractivity contribution in [2.75, 3.05) is 31.1 Å². The van der Waals surface area contributed by atoms with Crippen LogP contribution in [0, 0.1) is 0 Å². The molecule has 1 heterocycles. The predicted octanol–water partition coefficient (Wildman–Crippen LogP) is 2.30. The molecule has 2 radical (unpaired) electrons. The van der Waals surface area contributed by atoms with Gasteiger partial charge in [0.1, 0.15) is 7.85 Å². The van der Waals surface area contributed by atoms with E-state index in [1.165, 1.54) is 5.69 Å². The highest BCUT2D eigenvalue weighted by molar-refractivity contribution is 6.35. The smallest absolute Gasteiger partial charge is 0.116 e. The molecule has 104 valence electrons. The van der Waals surface area contributed by atoms with E-state index in [0.717, 1.165) is 31.9 Å². The van der Waals surface area contributed by atoms with Gasteiger partial charge in [0, 0.05) is 18.8 Å². The van der Waals surface area contributed by atoms with Gasteiger partial charge in [-0.05, 0) is 18.2 Å². The fourth-order valence-electron chi connectivity index (χ4n) is 2.37. The normalized spacial score (nSPS) is 15.6. The summed E-state index contributed by atoms with van der Waals surface area (Å²) in [6, 6.07) is 18.0. The Morgan fingerprint density at radius 2 is 1.48 bits per heavy atom. The Kier molecular flexibility index (Phi) is 4.19. The molecule has 2 aromatic rings. The zero-order valence-electron chi connectivity index (χ0n) is 11.9. The Balaban J connectivity index is 1.58. The predicted molar refractivity (Wildman–Crippen MR) is 86.6 cm³/mol. The second kappa shape index (κ2) is 6.44. The van der Waals surface area contributed by atoms with Crippen LogP contribution in [0.25, 0.3) is 0 Å². The van der Waals surface area contributed by atoms with E-state index in [-0.39, 0.29) is 0 Å². The minimum absolute atomic E-state index is 0.657. The Morgan fingerprint density at radius 3 is 2.19 bits per heavy atom. The lowest BCUT2D eigenvalue weighted by Crippen LogP contribution is -2.43. The van der Waals surface area contributed by atoms with Gasteiger partial charge in [0.25, 0.3) is 0 Å². The molecule has 1 fully saturated rings. The van der Waals surface area contributed by atoms with Crippen molar-refractivity contribution in [1.82, 2.24) is 5.01 Å². The van der Waals surface area contributed by atoms with Gasteiger partial charge in [0.05, 0.1) is 18.8 Å². The van der Waals surface area contributed by atoms with Crippen molar-refractivity contribution in [3.05, 3.63) is 54.6 Å². The van der Waals surface area contributed by atoms with Gasteiger partial charge in [0.2, 0.25) is 0 Å². The van der Waals surface area contributed by atoms with Gasteiger partial charge in [0.15, 0.2) is 0 Å². The summed E-state index contributed by atoms with van der Waals surface area (Å²) in [5.74, 6) is 0. The van der Waals surface area contributed by atoms with Crippen LogP contribution in [0.5, 0.6) is 0 Å². The number of piperazine rings is 1. The summed E-state index contributed by atoms with van der Waals surface area (Å²) in [5, 5.41) is 10.5. The van der Waals surface area contributed by atoms with Crippen molar-refractivity contribution in [3.8, 4) is 0 Å². The van der Waals surface area contributed by atoms with Crippen molar-refractivity contribution >= 4 is 24.7 Å². The van der Waals surface area contributed by atoms with E-state index in [1.807, 2.05) is 35.3 Å². The number of para-hydroxylation sites is 1. The van der Waals surface area contributed by atoms with Crippen LogP contribution in [0.1, 0.15) is 0 Å². The first-order chi connectivity index (χ1) is 10.3. The van der Waals surface area contributed by atoms with E-state index in [0.29, 0.717) is 5.46 Å². The molecule has 21 heavy (non-hydrogen) atoms. The summed E-state index contributed by atoms with van der Waals surface area (Å²) in [4.78, 5) is 2.36. The molecule has 0 aliphatic carbocycles. The zero-order chi connectivity index (χ0) is 14.5. The highest BCUT2D eigenvalue weighted by Crippen LogP contribution is 2.16. The highest BCUT2D eigenvalue weighted by Gasteiger charge is 2.15. The average Bonchev–Trinajstić information content (AvgIpc) is 2.55. The highest BCUT2D eigenvalue weighted by atomic mass is 15.6. The summed E-state index contributed by atoms with van der Waals surface area (Å²) in [6.07, 6.45) is 0. The lowest BCUT2D eigenvalue weighted by molar-refractivity contribution is 0.254. The van der Waals surface area contributed by atoms with E-state index < -0.39 is 0 Å². The van der Waals surface area contributed by atoms with Crippen LogP contribution in [-0.4, -0.2) is 39.0 Å². The maximum absolute atomic E-state index is 5.85. The second-order valence-electron chi connectivity index (χ2n) is 5.02. The van der Waals surface area contributed by atoms with Crippen LogP contribution in [0.2, 0.25) is 0 Å². The molecular weight excluding hydrogens is 259 g/mol. The Morgan fingerprint density at radius 1 is 0.810 bits per heavy atom. The first-order valence-corrected chi connectivity index (χ1v) is 7.14. The van der Waals surface area contributed by atoms with E-state index in [1.54, 1.807) is 0 Å². The van der Waals surface area contributed by atoms with Gasteiger partial charge in [-0.15, -0.1) is 5.11 Å². The van der Waals surface area contributed by atoms with E-state index in [9.17, 15) is 0 Å². The lowest BCUT2D eigenvalue weighted by atomic mass is 9.95. The minimum Gasteiger partial charge on any atom is -0.368 e. The molecule has 1 aliphatic heterocycles. The molecule has 0 bridgehead atoms. The maximum Gasteiger partial charge on any atom is 0.116 e. The first kappa shape index (κ1) is 13.7. The molecule has 0 aromatic heterocycles. The van der Waals surface area contributed by atoms with Crippen LogP contribution < -0.4 is 10.4 Å². The molecule has 1 saturated heterocycles. The Hall–Kier alpha value is -2.30. The number of hydrogen-bond acceptors (Lipinski definition) is 3. The molecule has 4 nitrogen and oxygen atoms in total. The Bertz CT molecular complexity index is 607. The molecule has 0 atom stereocenters. The van der Waals surface area contributed by atoms with Gasteiger partial charge >= 0.3 is 0 Å². The van der Waals surface area contributed by atoms with Gasteiger partial charge < -0.3 is 4.90 Å². The van der Waals surface area contributed by atoms with Crippen LogP contribution in [0.4, 0.5) is 11.4 Å². The monoisotopic (exact) mass is 276 g/mol. The molecular formula is C16H17BN4. The van der Waals surface area contributed by atoms with Crippen molar-refractivity contribution in [3.63, 3.8) is 0 Å². The number of rotatable bonds is 3. The molecule has 0 unspecified atom stereocenters. The maximum atomic E-state index is 5.85. The van der Waals surface area contributed by atoms with E-state index in [4.69, 9.17) is 7.85 Å². The van der Waals surface area contributed by atoms with Gasteiger partial charge in [-0.25, -0.2) is 0 Å². The van der Waals surface area contributed by atoms with Crippen molar-refractivity contribution < 1.29 is 0 Å². The summed E-state index contributed by atoms with van der Waals surface area (Å²) >= 11 is 0. The second-order valence-corrected chi connectivity index (χ2v) is 5.02. The standard InChI is InChI=1S/C16H17BN4/c17-15-8-4-5-9-16(15)18-19-21-12-10-20(11-13-21)14-6-2-1-3-7-14/h1-9H,10-13H2. The van der Waals surface area contributed by atoms with E-state index in [2.05, 4.69) is 39.5 Å². The van der Waals surface area contributed by atoms with Gasteiger partial charge in [-0.3, -0.25) is 5.01 Å². The zero-order valence-corrected chi connectivity index (χ0v) is 11.9. The van der Waals surface area contributed by atoms with Gasteiger partial charge in [-0.2, -0.15) is 0 Å². The summed E-state index contributed by atoms with van der Waals surface area (Å²) in [7, 11) is 5.85. The van der Waals surface area contributed by atoms with Crippen LogP contribution in [-0.2, 0) is 0 Å². The SMILES string of the molecule is [B]c1ccccc1N=NN1CCN(c2ccccc2)CC1. The van der Waals surface area contributed by atoms with Crippen LogP contribution in [0.3, 0.4) is 0 Å². The lowest BCUT2D eigenvalue weighted by Gasteiger charge is -2.33. The Labute approximate surface area is 126 Å². The van der Waals surface area contributed by atoms with Crippen molar-refractivity contribution in [1.29, 1.82) is 0 Å². The number of nitrogens with zero attached hydrogens (tertiary/aromatic N) is 4. The third-order valence-corrected chi connectivity index (χ3v) is 3.59. The molecule has 3 rings (SSSR count).